The van der Waals surface area contributed by atoms with E-state index >= 15 is 0 Å². The van der Waals surface area contributed by atoms with Crippen LogP contribution in [0.2, 0.25) is 0 Å². The molecular formula is C15H14F3O4-. The number of benzene rings is 1. The molecule has 0 fully saturated rings. The molecular weight excluding hydrogens is 301 g/mol. The first-order valence-corrected chi connectivity index (χ1v) is 6.66. The summed E-state index contributed by atoms with van der Waals surface area (Å²) in [7, 11) is 0. The second-order valence-corrected chi connectivity index (χ2v) is 5.21. The van der Waals surface area contributed by atoms with Crippen molar-refractivity contribution in [2.45, 2.75) is 38.1 Å². The molecule has 1 unspecified atom stereocenters. The largest absolute Gasteiger partial charge is 0.573 e. The summed E-state index contributed by atoms with van der Waals surface area (Å²) in [6.45, 7) is 1.71. The van der Waals surface area contributed by atoms with E-state index < -0.39 is 23.7 Å². The molecule has 0 N–H and O–H groups in total. The van der Waals surface area contributed by atoms with Crippen LogP contribution < -0.4 is 14.6 Å². The number of carbonyl (C=O) groups excluding carboxylic acids is 1. The van der Waals surface area contributed by atoms with Gasteiger partial charge in [-0.1, -0.05) is 6.08 Å². The Morgan fingerprint density at radius 2 is 2.05 bits per heavy atom. The predicted molar refractivity (Wildman–Crippen MR) is 69.5 cm³/mol. The van der Waals surface area contributed by atoms with Gasteiger partial charge in [0.2, 0.25) is 0 Å². The number of alkyl halides is 3. The lowest BCUT2D eigenvalue weighted by atomic mass is 9.93. The van der Waals surface area contributed by atoms with Crippen LogP contribution in [0.15, 0.2) is 30.4 Å². The van der Waals surface area contributed by atoms with Gasteiger partial charge in [0.15, 0.2) is 11.5 Å². The van der Waals surface area contributed by atoms with Crippen molar-refractivity contribution >= 4 is 5.97 Å². The van der Waals surface area contributed by atoms with E-state index in [1.165, 1.54) is 0 Å². The molecule has 1 atom stereocenters. The lowest BCUT2D eigenvalue weighted by Gasteiger charge is -2.31. The lowest BCUT2D eigenvalue weighted by molar-refractivity contribution is -0.275. The Labute approximate surface area is 125 Å². The van der Waals surface area contributed by atoms with E-state index in [0.29, 0.717) is 6.42 Å². The van der Waals surface area contributed by atoms with E-state index in [1.54, 1.807) is 13.0 Å². The van der Waals surface area contributed by atoms with Crippen molar-refractivity contribution in [3.05, 3.63) is 35.9 Å². The van der Waals surface area contributed by atoms with Gasteiger partial charge in [-0.15, -0.1) is 13.2 Å². The number of allylic oxidation sites excluding steroid dienone is 1. The standard InChI is InChI=1S/C15H15F3O4/c1-14(7-3-2-4-8-14)21-12-9-10(13(19)20)5-6-11(12)22-15(16,17)18/h3,5-7,9H,2,4,8H2,1H3,(H,19,20)/p-1. The van der Waals surface area contributed by atoms with Crippen LogP contribution in [0, 0.1) is 0 Å². The highest BCUT2D eigenvalue weighted by Crippen LogP contribution is 2.37. The van der Waals surface area contributed by atoms with Crippen LogP contribution in [0.1, 0.15) is 36.5 Å². The number of halogens is 3. The third kappa shape index (κ3) is 4.16. The molecule has 22 heavy (non-hydrogen) atoms. The van der Waals surface area contributed by atoms with Crippen LogP contribution in [-0.4, -0.2) is 17.9 Å². The molecule has 1 aliphatic carbocycles. The van der Waals surface area contributed by atoms with E-state index in [9.17, 15) is 23.1 Å². The Balaban J connectivity index is 2.36. The molecule has 0 spiro atoms. The number of ether oxygens (including phenoxy) is 2. The topological polar surface area (TPSA) is 58.6 Å². The molecule has 0 saturated carbocycles. The van der Waals surface area contributed by atoms with Crippen molar-refractivity contribution < 1.29 is 32.5 Å². The van der Waals surface area contributed by atoms with Gasteiger partial charge in [0.25, 0.3) is 0 Å². The third-order valence-corrected chi connectivity index (χ3v) is 3.26. The highest BCUT2D eigenvalue weighted by molar-refractivity contribution is 5.86. The normalized spacial score (nSPS) is 21.5. The summed E-state index contributed by atoms with van der Waals surface area (Å²) in [6, 6.07) is 2.86. The summed E-state index contributed by atoms with van der Waals surface area (Å²) in [5, 5.41) is 10.9. The molecule has 0 bridgehead atoms. The number of carboxylic acids is 1. The van der Waals surface area contributed by atoms with Gasteiger partial charge < -0.3 is 19.4 Å². The molecule has 0 aliphatic heterocycles. The molecule has 0 aromatic heterocycles. The number of rotatable bonds is 4. The molecule has 0 saturated heterocycles. The summed E-state index contributed by atoms with van der Waals surface area (Å²) in [5.41, 5.74) is -1.10. The van der Waals surface area contributed by atoms with E-state index in [2.05, 4.69) is 4.74 Å². The van der Waals surface area contributed by atoms with Crippen molar-refractivity contribution in [1.29, 1.82) is 0 Å². The van der Waals surface area contributed by atoms with Gasteiger partial charge in [-0.25, -0.2) is 0 Å². The molecule has 0 radical (unpaired) electrons. The van der Waals surface area contributed by atoms with Crippen LogP contribution in [0.3, 0.4) is 0 Å². The van der Waals surface area contributed by atoms with Gasteiger partial charge in [0, 0.05) is 5.56 Å². The maximum atomic E-state index is 12.4. The van der Waals surface area contributed by atoms with Crippen molar-refractivity contribution in [3.8, 4) is 11.5 Å². The van der Waals surface area contributed by atoms with Gasteiger partial charge in [0.05, 0.1) is 5.97 Å². The summed E-state index contributed by atoms with van der Waals surface area (Å²) in [4.78, 5) is 10.9. The van der Waals surface area contributed by atoms with E-state index in [4.69, 9.17) is 4.74 Å². The smallest absolute Gasteiger partial charge is 0.545 e. The monoisotopic (exact) mass is 315 g/mol. The molecule has 120 valence electrons. The van der Waals surface area contributed by atoms with Crippen LogP contribution in [0.25, 0.3) is 0 Å². The Bertz CT molecular complexity index is 595. The lowest BCUT2D eigenvalue weighted by Crippen LogP contribution is -2.32. The zero-order valence-electron chi connectivity index (χ0n) is 11.8. The van der Waals surface area contributed by atoms with E-state index in [0.717, 1.165) is 31.0 Å². The van der Waals surface area contributed by atoms with E-state index in [-0.39, 0.29) is 11.3 Å². The number of aromatic carboxylic acids is 1. The summed E-state index contributed by atoms with van der Waals surface area (Å²) in [6.07, 6.45) is 1.01. The third-order valence-electron chi connectivity index (χ3n) is 3.26. The molecule has 1 aromatic carbocycles. The second-order valence-electron chi connectivity index (χ2n) is 5.21. The predicted octanol–water partition coefficient (Wildman–Crippen LogP) is 2.83. The first kappa shape index (κ1) is 16.2. The van der Waals surface area contributed by atoms with Crippen LogP contribution >= 0.6 is 0 Å². The molecule has 1 aliphatic rings. The average molecular weight is 315 g/mol. The SMILES string of the molecule is CC1(Oc2cc(C(=O)[O-])ccc2OC(F)(F)F)C=CCCC1. The van der Waals surface area contributed by atoms with Gasteiger partial charge >= 0.3 is 6.36 Å². The molecule has 0 amide bonds. The van der Waals surface area contributed by atoms with Crippen molar-refractivity contribution in [3.63, 3.8) is 0 Å². The number of carboxylic acid groups (broad SMARTS) is 1. The van der Waals surface area contributed by atoms with Crippen LogP contribution in [0.5, 0.6) is 11.5 Å². The number of hydrogen-bond acceptors (Lipinski definition) is 4. The first-order chi connectivity index (χ1) is 10.2. The molecule has 0 heterocycles. The minimum absolute atomic E-state index is 0.284. The number of carbonyl (C=O) groups is 1. The second kappa shape index (κ2) is 5.90. The molecule has 4 nitrogen and oxygen atoms in total. The first-order valence-electron chi connectivity index (χ1n) is 6.66. The summed E-state index contributed by atoms with van der Waals surface area (Å²) in [5.74, 6) is -2.38. The maximum absolute atomic E-state index is 12.4. The fourth-order valence-corrected chi connectivity index (χ4v) is 2.25. The zero-order chi connectivity index (χ0) is 16.4. The molecule has 1 aromatic rings. The Kier molecular flexibility index (Phi) is 4.35. The quantitative estimate of drug-likeness (QED) is 0.802. The van der Waals surface area contributed by atoms with Crippen LogP contribution in [-0.2, 0) is 0 Å². The minimum atomic E-state index is -4.90. The van der Waals surface area contributed by atoms with Crippen LogP contribution in [0.4, 0.5) is 13.2 Å². The molecule has 7 heteroatoms. The molecule has 2 rings (SSSR count). The van der Waals surface area contributed by atoms with Gasteiger partial charge in [-0.3, -0.25) is 0 Å². The Morgan fingerprint density at radius 3 is 2.59 bits per heavy atom. The zero-order valence-corrected chi connectivity index (χ0v) is 11.8. The van der Waals surface area contributed by atoms with Gasteiger partial charge in [-0.2, -0.15) is 0 Å². The summed E-state index contributed by atoms with van der Waals surface area (Å²) >= 11 is 0. The van der Waals surface area contributed by atoms with Crippen molar-refractivity contribution in [1.82, 2.24) is 0 Å². The average Bonchev–Trinajstić information content (AvgIpc) is 2.39. The van der Waals surface area contributed by atoms with E-state index in [1.807, 2.05) is 6.08 Å². The van der Waals surface area contributed by atoms with Crippen molar-refractivity contribution in [2.24, 2.45) is 0 Å². The Hall–Kier alpha value is -2.18. The fourth-order valence-electron chi connectivity index (χ4n) is 2.25. The van der Waals surface area contributed by atoms with Gasteiger partial charge in [0.1, 0.15) is 5.60 Å². The highest BCUT2D eigenvalue weighted by atomic mass is 19.4. The van der Waals surface area contributed by atoms with Gasteiger partial charge in [-0.05, 0) is 50.5 Å². The number of hydrogen-bond donors (Lipinski definition) is 0. The fraction of sp³-hybridized carbons (Fsp3) is 0.400. The summed E-state index contributed by atoms with van der Waals surface area (Å²) < 4.78 is 46.8. The van der Waals surface area contributed by atoms with Crippen molar-refractivity contribution in [2.75, 3.05) is 0 Å². The Morgan fingerprint density at radius 1 is 1.32 bits per heavy atom. The maximum Gasteiger partial charge on any atom is 0.573 e. The minimum Gasteiger partial charge on any atom is -0.545 e. The highest BCUT2D eigenvalue weighted by Gasteiger charge is 2.34.